The van der Waals surface area contributed by atoms with Crippen LogP contribution in [-0.2, 0) is 21.0 Å². The highest BCUT2D eigenvalue weighted by atomic mass is 17.2. The summed E-state index contributed by atoms with van der Waals surface area (Å²) in [5, 5.41) is 9.46. The van der Waals surface area contributed by atoms with Crippen LogP contribution in [-0.4, -0.2) is 41.3 Å². The van der Waals surface area contributed by atoms with Crippen molar-refractivity contribution in [3.05, 3.63) is 35.9 Å². The molecule has 1 aliphatic rings. The fourth-order valence-corrected chi connectivity index (χ4v) is 2.19. The monoisotopic (exact) mass is 293 g/mol. The summed E-state index contributed by atoms with van der Waals surface area (Å²) in [4.78, 5) is 33.5. The molecule has 0 radical (unpaired) electrons. The predicted octanol–water partition coefficient (Wildman–Crippen LogP) is 1.67. The van der Waals surface area contributed by atoms with Gasteiger partial charge in [-0.3, -0.25) is 0 Å². The zero-order chi connectivity index (χ0) is 15.1. The van der Waals surface area contributed by atoms with Gasteiger partial charge in [-0.25, -0.2) is 19.4 Å². The van der Waals surface area contributed by atoms with Crippen LogP contribution in [0.5, 0.6) is 0 Å². The summed E-state index contributed by atoms with van der Waals surface area (Å²) in [5.74, 6) is -0.593. The maximum absolute atomic E-state index is 11.6. The quantitative estimate of drug-likeness (QED) is 0.677. The third-order valence-electron chi connectivity index (χ3n) is 3.32. The van der Waals surface area contributed by atoms with Gasteiger partial charge in [0.1, 0.15) is 0 Å². The molecule has 21 heavy (non-hydrogen) atoms. The first-order valence-electron chi connectivity index (χ1n) is 7.03. The Morgan fingerprint density at radius 1 is 1.24 bits per heavy atom. The van der Waals surface area contributed by atoms with Crippen LogP contribution in [0.2, 0.25) is 0 Å². The number of piperidine rings is 1. The number of aliphatic hydroxyl groups is 1. The first-order chi connectivity index (χ1) is 10.1. The second kappa shape index (κ2) is 7.64. The Hall–Kier alpha value is -2.08. The van der Waals surface area contributed by atoms with E-state index in [1.54, 1.807) is 0 Å². The molecular weight excluding hydrogens is 274 g/mol. The number of aliphatic hydroxyl groups excluding tert-OH is 1. The molecule has 6 nitrogen and oxygen atoms in total. The van der Waals surface area contributed by atoms with Gasteiger partial charge in [0.25, 0.3) is 0 Å². The number of aryl methyl sites for hydroxylation is 1. The van der Waals surface area contributed by atoms with Crippen molar-refractivity contribution in [3.63, 3.8) is 0 Å². The first-order valence-corrected chi connectivity index (χ1v) is 7.03. The van der Waals surface area contributed by atoms with Crippen molar-refractivity contribution in [1.82, 2.24) is 4.90 Å². The molecule has 2 rings (SSSR count). The number of benzene rings is 1. The van der Waals surface area contributed by atoms with E-state index in [0.29, 0.717) is 25.8 Å². The topological polar surface area (TPSA) is 76.1 Å². The third-order valence-corrected chi connectivity index (χ3v) is 3.32. The fraction of sp³-hybridized carbons (Fsp3) is 0.467. The summed E-state index contributed by atoms with van der Waals surface area (Å²) in [5.41, 5.74) is 1.01. The Kier molecular flexibility index (Phi) is 5.57. The lowest BCUT2D eigenvalue weighted by molar-refractivity contribution is -0.237. The Morgan fingerprint density at radius 2 is 2.00 bits per heavy atom. The van der Waals surface area contributed by atoms with Crippen LogP contribution in [0, 0.1) is 0 Å². The summed E-state index contributed by atoms with van der Waals surface area (Å²) in [6.07, 6.45) is 0.764. The molecule has 1 heterocycles. The summed E-state index contributed by atoms with van der Waals surface area (Å²) in [6, 6.07) is 9.50. The second-order valence-corrected chi connectivity index (χ2v) is 5.03. The van der Waals surface area contributed by atoms with Crippen LogP contribution in [0.3, 0.4) is 0 Å². The SMILES string of the molecule is O=C(CCc1ccccc1)OOC(=O)N1CCCC(O)C1. The average Bonchev–Trinajstić information content (AvgIpc) is 2.51. The lowest BCUT2D eigenvalue weighted by atomic mass is 10.1. The van der Waals surface area contributed by atoms with Gasteiger partial charge in [-0.1, -0.05) is 30.3 Å². The summed E-state index contributed by atoms with van der Waals surface area (Å²) < 4.78 is 0. The number of amides is 1. The molecule has 1 saturated heterocycles. The molecule has 1 aliphatic heterocycles. The molecule has 114 valence electrons. The molecule has 0 aliphatic carbocycles. The minimum Gasteiger partial charge on any atom is -0.391 e. The molecule has 1 aromatic rings. The predicted molar refractivity (Wildman–Crippen MR) is 74.1 cm³/mol. The van der Waals surface area contributed by atoms with Crippen molar-refractivity contribution >= 4 is 12.1 Å². The van der Waals surface area contributed by atoms with Gasteiger partial charge in [-0.05, 0) is 24.8 Å². The second-order valence-electron chi connectivity index (χ2n) is 5.03. The first kappa shape index (κ1) is 15.3. The molecule has 6 heteroatoms. The van der Waals surface area contributed by atoms with Crippen LogP contribution in [0.1, 0.15) is 24.8 Å². The van der Waals surface area contributed by atoms with Gasteiger partial charge in [0.15, 0.2) is 0 Å². The van der Waals surface area contributed by atoms with Crippen molar-refractivity contribution < 1.29 is 24.5 Å². The van der Waals surface area contributed by atoms with Crippen molar-refractivity contribution in [2.45, 2.75) is 31.8 Å². The molecular formula is C15H19NO5. The fourth-order valence-electron chi connectivity index (χ4n) is 2.19. The maximum Gasteiger partial charge on any atom is 0.453 e. The zero-order valence-corrected chi connectivity index (χ0v) is 11.7. The van der Waals surface area contributed by atoms with Gasteiger partial charge in [0.2, 0.25) is 0 Å². The number of β-amino-alcohol motifs (C(OH)–C–C–N with tert-alkyl or cyclic N) is 1. The third kappa shape index (κ3) is 5.07. The van der Waals surface area contributed by atoms with E-state index in [1.807, 2.05) is 30.3 Å². The Bertz CT molecular complexity index is 476. The molecule has 1 N–H and O–H groups in total. The minimum atomic E-state index is -0.734. The lowest BCUT2D eigenvalue weighted by Crippen LogP contribution is -2.42. The molecule has 1 fully saturated rings. The summed E-state index contributed by atoms with van der Waals surface area (Å²) in [7, 11) is 0. The van der Waals surface area contributed by atoms with E-state index in [-0.39, 0.29) is 13.0 Å². The van der Waals surface area contributed by atoms with Gasteiger partial charge in [-0.2, -0.15) is 0 Å². The molecule has 0 saturated carbocycles. The zero-order valence-electron chi connectivity index (χ0n) is 11.7. The van der Waals surface area contributed by atoms with Crippen molar-refractivity contribution in [2.24, 2.45) is 0 Å². The molecule has 0 spiro atoms. The van der Waals surface area contributed by atoms with Gasteiger partial charge in [-0.15, -0.1) is 0 Å². The summed E-state index contributed by atoms with van der Waals surface area (Å²) >= 11 is 0. The number of rotatable bonds is 3. The number of carbonyl (C=O) groups is 2. The van der Waals surface area contributed by atoms with Crippen LogP contribution in [0.15, 0.2) is 30.3 Å². The van der Waals surface area contributed by atoms with Crippen molar-refractivity contribution in [3.8, 4) is 0 Å². The highest BCUT2D eigenvalue weighted by Crippen LogP contribution is 2.11. The van der Waals surface area contributed by atoms with E-state index < -0.39 is 18.2 Å². The Morgan fingerprint density at radius 3 is 2.71 bits per heavy atom. The number of likely N-dealkylation sites (tertiary alicyclic amines) is 1. The molecule has 0 bridgehead atoms. The highest BCUT2D eigenvalue weighted by molar-refractivity contribution is 5.72. The van der Waals surface area contributed by atoms with E-state index >= 15 is 0 Å². The number of hydrogen-bond donors (Lipinski definition) is 1. The van der Waals surface area contributed by atoms with E-state index in [9.17, 15) is 14.7 Å². The van der Waals surface area contributed by atoms with Gasteiger partial charge in [0.05, 0.1) is 19.1 Å². The van der Waals surface area contributed by atoms with Crippen LogP contribution < -0.4 is 0 Å². The maximum atomic E-state index is 11.6. The molecule has 1 atom stereocenters. The van der Waals surface area contributed by atoms with Crippen molar-refractivity contribution in [1.29, 1.82) is 0 Å². The Labute approximate surface area is 123 Å². The molecule has 0 aromatic heterocycles. The van der Waals surface area contributed by atoms with Crippen LogP contribution >= 0.6 is 0 Å². The summed E-state index contributed by atoms with van der Waals surface area (Å²) in [6.45, 7) is 0.706. The number of nitrogens with zero attached hydrogens (tertiary/aromatic N) is 1. The number of carbonyl (C=O) groups excluding carboxylic acids is 2. The largest absolute Gasteiger partial charge is 0.453 e. The van der Waals surface area contributed by atoms with E-state index in [2.05, 4.69) is 9.78 Å². The van der Waals surface area contributed by atoms with Crippen LogP contribution in [0.25, 0.3) is 0 Å². The minimum absolute atomic E-state index is 0.139. The molecule has 1 aromatic carbocycles. The normalized spacial score (nSPS) is 18.1. The molecule has 1 unspecified atom stereocenters. The van der Waals surface area contributed by atoms with E-state index in [1.165, 1.54) is 4.90 Å². The highest BCUT2D eigenvalue weighted by Gasteiger charge is 2.24. The Balaban J connectivity index is 1.67. The van der Waals surface area contributed by atoms with E-state index in [4.69, 9.17) is 0 Å². The number of hydrogen-bond acceptors (Lipinski definition) is 5. The average molecular weight is 293 g/mol. The van der Waals surface area contributed by atoms with Gasteiger partial charge >= 0.3 is 12.1 Å². The van der Waals surface area contributed by atoms with Crippen molar-refractivity contribution in [2.75, 3.05) is 13.1 Å². The van der Waals surface area contributed by atoms with E-state index in [0.717, 1.165) is 5.56 Å². The van der Waals surface area contributed by atoms with Gasteiger partial charge < -0.3 is 10.0 Å². The lowest BCUT2D eigenvalue weighted by Gasteiger charge is -2.28. The molecule has 1 amide bonds. The van der Waals surface area contributed by atoms with Crippen LogP contribution in [0.4, 0.5) is 4.79 Å². The standard InChI is InChI=1S/C15H19NO5/c17-13-7-4-10-16(11-13)15(19)21-20-14(18)9-8-12-5-2-1-3-6-12/h1-3,5-6,13,17H,4,7-11H2. The van der Waals surface area contributed by atoms with Gasteiger partial charge in [0, 0.05) is 6.54 Å². The smallest absolute Gasteiger partial charge is 0.391 e.